The molecule has 3 rings (SSSR count). The van der Waals surface area contributed by atoms with E-state index >= 15 is 0 Å². The summed E-state index contributed by atoms with van der Waals surface area (Å²) >= 11 is 0. The van der Waals surface area contributed by atoms with Crippen LogP contribution in [-0.4, -0.2) is 15.1 Å². The van der Waals surface area contributed by atoms with Crippen LogP contribution in [0.15, 0.2) is 41.2 Å². The van der Waals surface area contributed by atoms with Crippen LogP contribution in [0.25, 0.3) is 22.8 Å². The molecule has 3 aromatic rings. The zero-order valence-corrected chi connectivity index (χ0v) is 12.3. The van der Waals surface area contributed by atoms with Crippen LogP contribution in [-0.2, 0) is 6.18 Å². The zero-order chi connectivity index (χ0) is 16.6. The number of aromatic nitrogens is 3. The summed E-state index contributed by atoms with van der Waals surface area (Å²) in [6, 6.07) is 5.74. The maximum Gasteiger partial charge on any atom is 0.416 e. The quantitative estimate of drug-likeness (QED) is 0.701. The second-order valence-electron chi connectivity index (χ2n) is 5.20. The Labute approximate surface area is 130 Å². The fraction of sp³-hybridized carbons (Fsp3) is 0.188. The fourth-order valence-electron chi connectivity index (χ4n) is 2.20. The van der Waals surface area contributed by atoms with Crippen molar-refractivity contribution < 1.29 is 17.7 Å². The molecule has 0 aliphatic carbocycles. The van der Waals surface area contributed by atoms with Gasteiger partial charge in [-0.3, -0.25) is 4.98 Å². The van der Waals surface area contributed by atoms with Crippen LogP contribution in [0, 0.1) is 13.8 Å². The van der Waals surface area contributed by atoms with Crippen molar-refractivity contribution in [2.75, 3.05) is 0 Å². The number of benzene rings is 1. The number of nitrogens with zero attached hydrogens (tertiary/aromatic N) is 3. The van der Waals surface area contributed by atoms with Crippen molar-refractivity contribution in [2.24, 2.45) is 0 Å². The van der Waals surface area contributed by atoms with Crippen LogP contribution in [0.1, 0.15) is 16.7 Å². The number of alkyl halides is 3. The van der Waals surface area contributed by atoms with Crippen LogP contribution < -0.4 is 0 Å². The minimum atomic E-state index is -4.43. The van der Waals surface area contributed by atoms with Gasteiger partial charge >= 0.3 is 6.18 Å². The van der Waals surface area contributed by atoms with Crippen LogP contribution in [0.2, 0.25) is 0 Å². The minimum Gasteiger partial charge on any atom is -0.334 e. The van der Waals surface area contributed by atoms with Crippen LogP contribution in [0.5, 0.6) is 0 Å². The molecule has 2 aromatic heterocycles. The lowest BCUT2D eigenvalue weighted by molar-refractivity contribution is -0.138. The maximum absolute atomic E-state index is 13.0. The molecule has 0 N–H and O–H groups in total. The Morgan fingerprint density at radius 2 is 1.78 bits per heavy atom. The topological polar surface area (TPSA) is 51.8 Å². The zero-order valence-electron chi connectivity index (χ0n) is 12.3. The van der Waals surface area contributed by atoms with Crippen LogP contribution in [0.4, 0.5) is 13.2 Å². The summed E-state index contributed by atoms with van der Waals surface area (Å²) in [6.07, 6.45) is -1.18. The Balaban J connectivity index is 2.01. The second-order valence-corrected chi connectivity index (χ2v) is 5.20. The predicted octanol–water partition coefficient (Wildman–Crippen LogP) is 4.43. The monoisotopic (exact) mass is 319 g/mol. The van der Waals surface area contributed by atoms with Crippen LogP contribution in [0.3, 0.4) is 0 Å². The smallest absolute Gasteiger partial charge is 0.334 e. The Morgan fingerprint density at radius 1 is 1.00 bits per heavy atom. The molecule has 2 heterocycles. The maximum atomic E-state index is 13.0. The van der Waals surface area contributed by atoms with Crippen molar-refractivity contribution in [1.29, 1.82) is 0 Å². The normalized spacial score (nSPS) is 11.7. The standard InChI is InChI=1S/C16H12F3N3O/c1-9-5-12(8-20-7-9)14-21-15(23-22-14)11-4-3-10(2)13(6-11)16(17,18)19/h3-8H,1-2H3. The van der Waals surface area contributed by atoms with Gasteiger partial charge in [0.2, 0.25) is 5.82 Å². The van der Waals surface area contributed by atoms with E-state index < -0.39 is 11.7 Å². The first-order valence-corrected chi connectivity index (χ1v) is 6.78. The molecule has 0 unspecified atom stereocenters. The van der Waals surface area contributed by atoms with E-state index in [1.807, 2.05) is 13.0 Å². The third-order valence-corrected chi connectivity index (χ3v) is 3.35. The highest BCUT2D eigenvalue weighted by atomic mass is 19.4. The van der Waals surface area contributed by atoms with Crippen molar-refractivity contribution in [3.05, 3.63) is 53.3 Å². The molecule has 0 spiro atoms. The van der Waals surface area contributed by atoms with Gasteiger partial charge in [0.05, 0.1) is 5.56 Å². The first-order chi connectivity index (χ1) is 10.8. The Hall–Kier alpha value is -2.70. The van der Waals surface area contributed by atoms with E-state index in [0.29, 0.717) is 5.56 Å². The molecule has 0 aliphatic rings. The average Bonchev–Trinajstić information content (AvgIpc) is 2.96. The molecule has 23 heavy (non-hydrogen) atoms. The summed E-state index contributed by atoms with van der Waals surface area (Å²) in [6.45, 7) is 3.28. The first kappa shape index (κ1) is 15.2. The Kier molecular flexibility index (Phi) is 3.63. The molecule has 4 nitrogen and oxygen atoms in total. The molecule has 0 fully saturated rings. The van der Waals surface area contributed by atoms with Gasteiger partial charge in [0.15, 0.2) is 0 Å². The van der Waals surface area contributed by atoms with E-state index in [0.717, 1.165) is 11.6 Å². The van der Waals surface area contributed by atoms with Crippen molar-refractivity contribution >= 4 is 0 Å². The third kappa shape index (κ3) is 3.08. The van der Waals surface area contributed by atoms with Crippen molar-refractivity contribution in [1.82, 2.24) is 15.1 Å². The highest BCUT2D eigenvalue weighted by molar-refractivity contribution is 5.61. The second kappa shape index (κ2) is 5.49. The van der Waals surface area contributed by atoms with E-state index in [1.54, 1.807) is 12.4 Å². The molecule has 0 bridgehead atoms. The highest BCUT2D eigenvalue weighted by Gasteiger charge is 2.33. The molecule has 0 radical (unpaired) electrons. The molecular weight excluding hydrogens is 307 g/mol. The number of pyridine rings is 1. The summed E-state index contributed by atoms with van der Waals surface area (Å²) < 4.78 is 44.0. The Morgan fingerprint density at radius 3 is 2.48 bits per heavy atom. The lowest BCUT2D eigenvalue weighted by atomic mass is 10.0. The van der Waals surface area contributed by atoms with Gasteiger partial charge in [-0.1, -0.05) is 11.2 Å². The summed E-state index contributed by atoms with van der Waals surface area (Å²) in [7, 11) is 0. The number of hydrogen-bond donors (Lipinski definition) is 0. The molecule has 0 atom stereocenters. The molecule has 118 valence electrons. The molecule has 0 saturated heterocycles. The van der Waals surface area contributed by atoms with E-state index in [4.69, 9.17) is 4.52 Å². The third-order valence-electron chi connectivity index (χ3n) is 3.35. The van der Waals surface area contributed by atoms with Gasteiger partial charge in [0, 0.05) is 23.5 Å². The lowest BCUT2D eigenvalue weighted by Gasteiger charge is -2.10. The van der Waals surface area contributed by atoms with Gasteiger partial charge in [-0.25, -0.2) is 0 Å². The summed E-state index contributed by atoms with van der Waals surface area (Å²) in [5.74, 6) is 0.317. The minimum absolute atomic E-state index is 0.0343. The molecule has 0 aliphatic heterocycles. The van der Waals surface area contributed by atoms with Gasteiger partial charge in [0.1, 0.15) is 0 Å². The summed E-state index contributed by atoms with van der Waals surface area (Å²) in [4.78, 5) is 8.19. The molecule has 1 aromatic carbocycles. The Bertz CT molecular complexity index is 856. The van der Waals surface area contributed by atoms with Crippen molar-refractivity contribution in [2.45, 2.75) is 20.0 Å². The molecule has 7 heteroatoms. The summed E-state index contributed by atoms with van der Waals surface area (Å²) in [5.41, 5.74) is 1.21. The van der Waals surface area contributed by atoms with Gasteiger partial charge in [-0.2, -0.15) is 18.2 Å². The predicted molar refractivity (Wildman–Crippen MR) is 77.4 cm³/mol. The van der Waals surface area contributed by atoms with Crippen molar-refractivity contribution in [3.63, 3.8) is 0 Å². The highest BCUT2D eigenvalue weighted by Crippen LogP contribution is 2.34. The number of hydrogen-bond acceptors (Lipinski definition) is 4. The van der Waals surface area contributed by atoms with Gasteiger partial charge < -0.3 is 4.52 Å². The molecular formula is C16H12F3N3O. The van der Waals surface area contributed by atoms with E-state index in [1.165, 1.54) is 19.1 Å². The lowest BCUT2D eigenvalue weighted by Crippen LogP contribution is -2.07. The number of aryl methyl sites for hydroxylation is 2. The first-order valence-electron chi connectivity index (χ1n) is 6.78. The van der Waals surface area contributed by atoms with Gasteiger partial charge in [0.25, 0.3) is 5.89 Å². The van der Waals surface area contributed by atoms with Crippen molar-refractivity contribution in [3.8, 4) is 22.8 Å². The number of rotatable bonds is 2. The van der Waals surface area contributed by atoms with E-state index in [9.17, 15) is 13.2 Å². The van der Waals surface area contributed by atoms with E-state index in [2.05, 4.69) is 15.1 Å². The van der Waals surface area contributed by atoms with Gasteiger partial charge in [-0.05, 0) is 43.2 Å². The fourth-order valence-corrected chi connectivity index (χ4v) is 2.20. The molecule has 0 amide bonds. The van der Waals surface area contributed by atoms with Crippen LogP contribution >= 0.6 is 0 Å². The average molecular weight is 319 g/mol. The van der Waals surface area contributed by atoms with Gasteiger partial charge in [-0.15, -0.1) is 0 Å². The summed E-state index contributed by atoms with van der Waals surface area (Å²) in [5, 5.41) is 3.81. The number of halogens is 3. The van der Waals surface area contributed by atoms with E-state index in [-0.39, 0.29) is 22.8 Å². The SMILES string of the molecule is Cc1cncc(-c2noc(-c3ccc(C)c(C(F)(F)F)c3)n2)c1. The molecule has 0 saturated carbocycles. The largest absolute Gasteiger partial charge is 0.416 e.